The number of anilines is 1. The molecule has 1 aromatic heterocycles. The molecule has 0 atom stereocenters. The molecule has 1 aromatic rings. The quantitative estimate of drug-likeness (QED) is 0.488. The van der Waals surface area contributed by atoms with Gasteiger partial charge in [0.2, 0.25) is 0 Å². The van der Waals surface area contributed by atoms with Crippen LogP contribution in [-0.2, 0) is 6.54 Å². The molecule has 0 bridgehead atoms. The molecule has 0 aromatic carbocycles. The lowest BCUT2D eigenvalue weighted by atomic mass is 10.1. The number of nitrogens with one attached hydrogen (secondary N) is 1. The van der Waals surface area contributed by atoms with Gasteiger partial charge >= 0.3 is 0 Å². The molecule has 1 saturated carbocycles. The summed E-state index contributed by atoms with van der Waals surface area (Å²) in [6.45, 7) is 0.975. The third kappa shape index (κ3) is 3.68. The minimum absolute atomic E-state index is 0.718. The first kappa shape index (κ1) is 13.3. The fraction of sp³-hybridized carbons (Fsp3) is 0.643. The van der Waals surface area contributed by atoms with Crippen LogP contribution in [0.5, 0.6) is 0 Å². The minimum atomic E-state index is 0.718. The average Bonchev–Trinajstić information content (AvgIpc) is 2.68. The molecule has 0 spiro atoms. The van der Waals surface area contributed by atoms with Crippen molar-refractivity contribution >= 4 is 5.82 Å². The van der Waals surface area contributed by atoms with Crippen molar-refractivity contribution in [3.05, 3.63) is 23.9 Å². The zero-order valence-corrected chi connectivity index (χ0v) is 11.2. The molecule has 4 nitrogen and oxygen atoms in total. The largest absolute Gasteiger partial charge is 0.308 e. The number of nitrogens with zero attached hydrogens (tertiary/aromatic N) is 2. The summed E-state index contributed by atoms with van der Waals surface area (Å²) in [5, 5.41) is 0. The first-order valence-electron chi connectivity index (χ1n) is 6.91. The average molecular weight is 248 g/mol. The van der Waals surface area contributed by atoms with Gasteiger partial charge in [0, 0.05) is 18.8 Å². The minimum Gasteiger partial charge on any atom is -0.308 e. The maximum atomic E-state index is 5.31. The summed E-state index contributed by atoms with van der Waals surface area (Å²) in [5.74, 6) is 6.03. The molecule has 1 aliphatic carbocycles. The number of hydrogen-bond acceptors (Lipinski definition) is 4. The SMILES string of the molecule is CN(Cc1ccc(NN)nc1)C1CCCCCC1. The van der Waals surface area contributed by atoms with Crippen molar-refractivity contribution in [1.29, 1.82) is 0 Å². The number of nitrogens with two attached hydrogens (primary N) is 1. The lowest BCUT2D eigenvalue weighted by molar-refractivity contribution is 0.213. The Bertz CT molecular complexity index is 341. The Balaban J connectivity index is 1.90. The summed E-state index contributed by atoms with van der Waals surface area (Å²) in [7, 11) is 2.23. The van der Waals surface area contributed by atoms with E-state index < -0.39 is 0 Å². The molecule has 0 amide bonds. The molecule has 0 aliphatic heterocycles. The molecular formula is C14H24N4. The Morgan fingerprint density at radius 1 is 1.28 bits per heavy atom. The topological polar surface area (TPSA) is 54.2 Å². The highest BCUT2D eigenvalue weighted by Crippen LogP contribution is 2.22. The van der Waals surface area contributed by atoms with E-state index in [1.807, 2.05) is 12.3 Å². The molecule has 0 saturated heterocycles. The molecular weight excluding hydrogens is 224 g/mol. The van der Waals surface area contributed by atoms with Gasteiger partial charge in [-0.1, -0.05) is 31.7 Å². The highest BCUT2D eigenvalue weighted by Gasteiger charge is 2.16. The van der Waals surface area contributed by atoms with Crippen LogP contribution < -0.4 is 11.3 Å². The normalized spacial score (nSPS) is 17.7. The number of aromatic nitrogens is 1. The van der Waals surface area contributed by atoms with Crippen LogP contribution in [0.3, 0.4) is 0 Å². The summed E-state index contributed by atoms with van der Waals surface area (Å²) in [4.78, 5) is 6.72. The molecule has 0 unspecified atom stereocenters. The molecule has 1 aliphatic rings. The molecule has 100 valence electrons. The van der Waals surface area contributed by atoms with Crippen LogP contribution in [0, 0.1) is 0 Å². The summed E-state index contributed by atoms with van der Waals surface area (Å²) in [5.41, 5.74) is 3.81. The maximum absolute atomic E-state index is 5.31. The molecule has 1 fully saturated rings. The number of rotatable bonds is 4. The molecule has 18 heavy (non-hydrogen) atoms. The van der Waals surface area contributed by atoms with Gasteiger partial charge in [-0.3, -0.25) is 4.90 Å². The van der Waals surface area contributed by atoms with Crippen LogP contribution in [0.15, 0.2) is 18.3 Å². The van der Waals surface area contributed by atoms with Crippen LogP contribution >= 0.6 is 0 Å². The van der Waals surface area contributed by atoms with Gasteiger partial charge in [0.05, 0.1) is 0 Å². The molecule has 1 heterocycles. The van der Waals surface area contributed by atoms with Gasteiger partial charge in [-0.05, 0) is 31.5 Å². The fourth-order valence-corrected chi connectivity index (χ4v) is 2.72. The van der Waals surface area contributed by atoms with Crippen molar-refractivity contribution in [1.82, 2.24) is 9.88 Å². The number of nitrogen functional groups attached to an aromatic ring is 1. The first-order valence-corrected chi connectivity index (χ1v) is 6.91. The Hall–Kier alpha value is -1.13. The van der Waals surface area contributed by atoms with E-state index in [1.165, 1.54) is 44.1 Å². The van der Waals surface area contributed by atoms with E-state index in [0.29, 0.717) is 0 Å². The van der Waals surface area contributed by atoms with Crippen LogP contribution in [-0.4, -0.2) is 23.0 Å². The predicted octanol–water partition coefficient (Wildman–Crippen LogP) is 2.52. The Labute approximate surface area is 110 Å². The zero-order chi connectivity index (χ0) is 12.8. The summed E-state index contributed by atoms with van der Waals surface area (Å²) in [6, 6.07) is 4.76. The maximum Gasteiger partial charge on any atom is 0.139 e. The Kier molecular flexibility index (Phi) is 4.96. The van der Waals surface area contributed by atoms with Gasteiger partial charge in [-0.15, -0.1) is 0 Å². The van der Waals surface area contributed by atoms with Crippen molar-refractivity contribution < 1.29 is 0 Å². The standard InChI is InChI=1S/C14H24N4/c1-18(13-6-4-2-3-5-7-13)11-12-8-9-14(17-15)16-10-12/h8-10,13H,2-7,11,15H2,1H3,(H,16,17). The van der Waals surface area contributed by atoms with Crippen molar-refractivity contribution in [3.63, 3.8) is 0 Å². The third-order valence-electron chi connectivity index (χ3n) is 3.85. The van der Waals surface area contributed by atoms with Gasteiger partial charge in [0.1, 0.15) is 5.82 Å². The van der Waals surface area contributed by atoms with Gasteiger partial charge < -0.3 is 5.43 Å². The van der Waals surface area contributed by atoms with Crippen LogP contribution in [0.4, 0.5) is 5.82 Å². The van der Waals surface area contributed by atoms with Crippen molar-refractivity contribution in [2.24, 2.45) is 5.84 Å². The van der Waals surface area contributed by atoms with Gasteiger partial charge in [-0.2, -0.15) is 0 Å². The van der Waals surface area contributed by atoms with Crippen molar-refractivity contribution in [2.45, 2.75) is 51.1 Å². The van der Waals surface area contributed by atoms with Crippen molar-refractivity contribution in [3.8, 4) is 0 Å². The van der Waals surface area contributed by atoms with Crippen LogP contribution in [0.25, 0.3) is 0 Å². The summed E-state index contributed by atoms with van der Waals surface area (Å²) in [6.07, 6.45) is 10.2. The number of hydrogen-bond donors (Lipinski definition) is 2. The summed E-state index contributed by atoms with van der Waals surface area (Å²) >= 11 is 0. The van der Waals surface area contributed by atoms with E-state index in [1.54, 1.807) is 0 Å². The Morgan fingerprint density at radius 2 is 2.00 bits per heavy atom. The van der Waals surface area contributed by atoms with E-state index in [-0.39, 0.29) is 0 Å². The smallest absolute Gasteiger partial charge is 0.139 e. The predicted molar refractivity (Wildman–Crippen MR) is 75.0 cm³/mol. The molecule has 4 heteroatoms. The lowest BCUT2D eigenvalue weighted by Gasteiger charge is -2.27. The second-order valence-corrected chi connectivity index (χ2v) is 5.26. The zero-order valence-electron chi connectivity index (χ0n) is 11.2. The highest BCUT2D eigenvalue weighted by atomic mass is 15.2. The van der Waals surface area contributed by atoms with E-state index in [2.05, 4.69) is 28.4 Å². The van der Waals surface area contributed by atoms with E-state index >= 15 is 0 Å². The second kappa shape index (κ2) is 6.71. The summed E-state index contributed by atoms with van der Waals surface area (Å²) < 4.78 is 0. The van der Waals surface area contributed by atoms with Crippen LogP contribution in [0.1, 0.15) is 44.1 Å². The number of pyridine rings is 1. The first-order chi connectivity index (χ1) is 8.79. The molecule has 2 rings (SSSR count). The molecule has 0 radical (unpaired) electrons. The van der Waals surface area contributed by atoms with Crippen molar-refractivity contribution in [2.75, 3.05) is 12.5 Å². The van der Waals surface area contributed by atoms with E-state index in [0.717, 1.165) is 18.4 Å². The fourth-order valence-electron chi connectivity index (χ4n) is 2.72. The number of hydrazine groups is 1. The van der Waals surface area contributed by atoms with E-state index in [9.17, 15) is 0 Å². The molecule has 3 N–H and O–H groups in total. The Morgan fingerprint density at radius 3 is 2.56 bits per heavy atom. The van der Waals surface area contributed by atoms with Gasteiger partial charge in [-0.25, -0.2) is 10.8 Å². The van der Waals surface area contributed by atoms with Gasteiger partial charge in [0.25, 0.3) is 0 Å². The second-order valence-electron chi connectivity index (χ2n) is 5.26. The van der Waals surface area contributed by atoms with Crippen LogP contribution in [0.2, 0.25) is 0 Å². The lowest BCUT2D eigenvalue weighted by Crippen LogP contribution is -2.30. The highest BCUT2D eigenvalue weighted by molar-refractivity contribution is 5.33. The van der Waals surface area contributed by atoms with Gasteiger partial charge in [0.15, 0.2) is 0 Å². The van der Waals surface area contributed by atoms with E-state index in [4.69, 9.17) is 5.84 Å². The monoisotopic (exact) mass is 248 g/mol. The third-order valence-corrected chi connectivity index (χ3v) is 3.85.